The van der Waals surface area contributed by atoms with Gasteiger partial charge >= 0.3 is 0 Å². The number of nitrogens with zero attached hydrogens (tertiary/aromatic N) is 5. The van der Waals surface area contributed by atoms with Gasteiger partial charge in [0.25, 0.3) is 0 Å². The predicted octanol–water partition coefficient (Wildman–Crippen LogP) is 4.88. The van der Waals surface area contributed by atoms with E-state index in [-0.39, 0.29) is 0 Å². The highest BCUT2D eigenvalue weighted by molar-refractivity contribution is 6.30. The van der Waals surface area contributed by atoms with Crippen molar-refractivity contribution in [2.24, 2.45) is 5.29 Å². The second-order valence-electron chi connectivity index (χ2n) is 5.71. The van der Waals surface area contributed by atoms with E-state index < -0.39 is 0 Å². The largest absolute Gasteiger partial charge is 0.497 e. The third-order valence-electron chi connectivity index (χ3n) is 4.11. The first-order chi connectivity index (χ1) is 13.2. The van der Waals surface area contributed by atoms with Gasteiger partial charge < -0.3 is 4.74 Å². The number of nitroso groups, excluding NO2 is 1. The van der Waals surface area contributed by atoms with E-state index in [1.807, 2.05) is 18.2 Å². The first-order valence-corrected chi connectivity index (χ1v) is 8.45. The number of hydrogen-bond acceptors (Lipinski definition) is 5. The molecular weight excluding hydrogens is 366 g/mol. The zero-order valence-electron chi connectivity index (χ0n) is 14.3. The molecule has 2 aromatic carbocycles. The van der Waals surface area contributed by atoms with E-state index in [1.165, 1.54) is 5.01 Å². The maximum atomic E-state index is 11.5. The molecule has 7 nitrogen and oxygen atoms in total. The van der Waals surface area contributed by atoms with Crippen LogP contribution in [0.3, 0.4) is 0 Å². The van der Waals surface area contributed by atoms with Gasteiger partial charge in [0.15, 0.2) is 11.5 Å². The van der Waals surface area contributed by atoms with Crippen LogP contribution in [0.25, 0.3) is 16.8 Å². The Morgan fingerprint density at radius 3 is 2.67 bits per heavy atom. The van der Waals surface area contributed by atoms with E-state index in [0.717, 1.165) is 11.1 Å². The maximum absolute atomic E-state index is 11.5. The van der Waals surface area contributed by atoms with Crippen molar-refractivity contribution in [2.75, 3.05) is 12.1 Å². The normalized spacial score (nSPS) is 10.7. The van der Waals surface area contributed by atoms with Crippen LogP contribution in [0.5, 0.6) is 5.75 Å². The number of methoxy groups -OCH3 is 1. The van der Waals surface area contributed by atoms with Crippen molar-refractivity contribution in [2.45, 2.75) is 0 Å². The number of anilines is 2. The van der Waals surface area contributed by atoms with Crippen molar-refractivity contribution >= 4 is 28.8 Å². The van der Waals surface area contributed by atoms with Crippen LogP contribution in [0.1, 0.15) is 0 Å². The van der Waals surface area contributed by atoms with Crippen LogP contribution in [-0.4, -0.2) is 21.7 Å². The molecule has 0 radical (unpaired) electrons. The van der Waals surface area contributed by atoms with Crippen molar-refractivity contribution in [1.82, 2.24) is 14.6 Å². The molecule has 0 aliphatic heterocycles. The summed E-state index contributed by atoms with van der Waals surface area (Å²) in [4.78, 5) is 16.1. The van der Waals surface area contributed by atoms with Crippen molar-refractivity contribution < 1.29 is 4.74 Å². The van der Waals surface area contributed by atoms with Crippen molar-refractivity contribution in [3.05, 3.63) is 76.9 Å². The fourth-order valence-corrected chi connectivity index (χ4v) is 2.97. The van der Waals surface area contributed by atoms with Gasteiger partial charge in [-0.25, -0.2) is 9.50 Å². The topological polar surface area (TPSA) is 72.1 Å². The number of benzene rings is 2. The van der Waals surface area contributed by atoms with E-state index >= 15 is 0 Å². The molecule has 27 heavy (non-hydrogen) atoms. The molecule has 0 bridgehead atoms. The number of halogens is 1. The quantitative estimate of drug-likeness (QED) is 0.365. The van der Waals surface area contributed by atoms with Gasteiger partial charge in [-0.05, 0) is 42.0 Å². The van der Waals surface area contributed by atoms with Crippen LogP contribution < -0.4 is 9.75 Å². The van der Waals surface area contributed by atoms with Crippen molar-refractivity contribution in [1.29, 1.82) is 0 Å². The highest BCUT2D eigenvalue weighted by Gasteiger charge is 2.15. The Morgan fingerprint density at radius 1 is 1.15 bits per heavy atom. The smallest absolute Gasteiger partial charge is 0.165 e. The molecule has 0 spiro atoms. The van der Waals surface area contributed by atoms with E-state index in [1.54, 1.807) is 60.4 Å². The van der Waals surface area contributed by atoms with Crippen LogP contribution in [0.4, 0.5) is 11.5 Å². The molecule has 0 saturated carbocycles. The monoisotopic (exact) mass is 379 g/mol. The molecule has 0 aliphatic rings. The molecule has 0 saturated heterocycles. The second-order valence-corrected chi connectivity index (χ2v) is 6.15. The summed E-state index contributed by atoms with van der Waals surface area (Å²) in [6, 6.07) is 16.1. The Bertz CT molecular complexity index is 1110. The van der Waals surface area contributed by atoms with Gasteiger partial charge in [-0.15, -0.1) is 4.91 Å². The summed E-state index contributed by atoms with van der Waals surface area (Å²) in [5.41, 5.74) is 2.86. The fraction of sp³-hybridized carbons (Fsp3) is 0.0526. The summed E-state index contributed by atoms with van der Waals surface area (Å²) in [7, 11) is 1.58. The molecule has 0 atom stereocenters. The standard InChI is InChI=1S/C19H14ClN5O2/c1-27-16-7-5-15(6-8-16)25(23-26)18-9-10-24-19(22-18)17(12-21-24)13-3-2-4-14(20)11-13/h2-12H,1H3. The minimum Gasteiger partial charge on any atom is -0.497 e. The minimum atomic E-state index is 0.381. The van der Waals surface area contributed by atoms with E-state index in [0.29, 0.717) is 27.9 Å². The summed E-state index contributed by atoms with van der Waals surface area (Å²) in [5.74, 6) is 1.07. The number of fused-ring (bicyclic) bond motifs is 1. The van der Waals surface area contributed by atoms with Crippen LogP contribution in [-0.2, 0) is 0 Å². The maximum Gasteiger partial charge on any atom is 0.165 e. The molecular formula is C19H14ClN5O2. The molecule has 0 fully saturated rings. The molecule has 2 aromatic heterocycles. The van der Waals surface area contributed by atoms with Crippen LogP contribution in [0.2, 0.25) is 5.02 Å². The Hall–Kier alpha value is -3.45. The zero-order valence-corrected chi connectivity index (χ0v) is 15.0. The summed E-state index contributed by atoms with van der Waals surface area (Å²) >= 11 is 6.10. The molecule has 0 amide bonds. The lowest BCUT2D eigenvalue weighted by molar-refractivity contribution is 0.415. The highest BCUT2D eigenvalue weighted by atomic mass is 35.5. The first kappa shape index (κ1) is 17.0. The Kier molecular flexibility index (Phi) is 4.43. The summed E-state index contributed by atoms with van der Waals surface area (Å²) in [5, 5.41) is 9.27. The molecule has 0 aliphatic carbocycles. The predicted molar refractivity (Wildman–Crippen MR) is 104 cm³/mol. The van der Waals surface area contributed by atoms with Gasteiger partial charge in [-0.3, -0.25) is 0 Å². The minimum absolute atomic E-state index is 0.381. The summed E-state index contributed by atoms with van der Waals surface area (Å²) in [6.45, 7) is 0. The molecule has 0 N–H and O–H groups in total. The third kappa shape index (κ3) is 3.20. The van der Waals surface area contributed by atoms with E-state index in [9.17, 15) is 4.91 Å². The lowest BCUT2D eigenvalue weighted by Gasteiger charge is -2.14. The summed E-state index contributed by atoms with van der Waals surface area (Å²) < 4.78 is 6.78. The Balaban J connectivity index is 1.79. The molecule has 0 unspecified atom stereocenters. The lowest BCUT2D eigenvalue weighted by Crippen LogP contribution is -2.10. The number of aromatic nitrogens is 3. The Morgan fingerprint density at radius 2 is 1.96 bits per heavy atom. The van der Waals surface area contributed by atoms with Gasteiger partial charge in [0, 0.05) is 22.8 Å². The molecule has 4 rings (SSSR count). The molecule has 134 valence electrons. The second kappa shape index (κ2) is 7.05. The van der Waals surface area contributed by atoms with E-state index in [2.05, 4.69) is 15.4 Å². The number of hydrogen-bond donors (Lipinski definition) is 0. The third-order valence-corrected chi connectivity index (χ3v) is 4.34. The Labute approximate surface area is 159 Å². The van der Waals surface area contributed by atoms with Crippen molar-refractivity contribution in [3.63, 3.8) is 0 Å². The zero-order chi connectivity index (χ0) is 18.8. The van der Waals surface area contributed by atoms with Gasteiger partial charge in [0.1, 0.15) is 5.75 Å². The fourth-order valence-electron chi connectivity index (χ4n) is 2.78. The number of ether oxygens (including phenoxy) is 1. The average molecular weight is 380 g/mol. The van der Waals surface area contributed by atoms with Gasteiger partial charge in [0.2, 0.25) is 0 Å². The highest BCUT2D eigenvalue weighted by Crippen LogP contribution is 2.30. The average Bonchev–Trinajstić information content (AvgIpc) is 3.12. The van der Waals surface area contributed by atoms with Gasteiger partial charge in [-0.2, -0.15) is 10.1 Å². The van der Waals surface area contributed by atoms with Crippen LogP contribution in [0.15, 0.2) is 72.3 Å². The lowest BCUT2D eigenvalue weighted by atomic mass is 10.1. The molecule has 2 heterocycles. The SMILES string of the molecule is COc1ccc(N(N=O)c2ccn3ncc(-c4cccc(Cl)c4)c3n2)cc1. The van der Waals surface area contributed by atoms with Crippen LogP contribution >= 0.6 is 11.6 Å². The molecule has 8 heteroatoms. The van der Waals surface area contributed by atoms with Gasteiger partial charge in [-0.1, -0.05) is 23.7 Å². The molecule has 4 aromatic rings. The number of rotatable bonds is 5. The first-order valence-electron chi connectivity index (χ1n) is 8.07. The van der Waals surface area contributed by atoms with Crippen LogP contribution in [0, 0.1) is 4.91 Å². The summed E-state index contributed by atoms with van der Waals surface area (Å²) in [6.07, 6.45) is 3.44. The van der Waals surface area contributed by atoms with Gasteiger partial charge in [0.05, 0.1) is 24.3 Å². The van der Waals surface area contributed by atoms with Crippen molar-refractivity contribution in [3.8, 4) is 16.9 Å². The van der Waals surface area contributed by atoms with E-state index in [4.69, 9.17) is 16.3 Å².